The Morgan fingerprint density at radius 2 is 1.50 bits per heavy atom. The van der Waals surface area contributed by atoms with E-state index in [2.05, 4.69) is 11.9 Å². The van der Waals surface area contributed by atoms with Crippen LogP contribution < -0.4 is 5.32 Å². The number of nitro groups is 2. The Kier molecular flexibility index (Phi) is 12.6. The zero-order chi connectivity index (χ0) is 26.3. The van der Waals surface area contributed by atoms with Crippen molar-refractivity contribution < 1.29 is 24.2 Å². The van der Waals surface area contributed by atoms with Crippen molar-refractivity contribution in [1.29, 1.82) is 0 Å². The molecule has 0 spiro atoms. The van der Waals surface area contributed by atoms with Crippen LogP contribution in [-0.4, -0.2) is 34.4 Å². The Morgan fingerprint density at radius 1 is 0.917 bits per heavy atom. The van der Waals surface area contributed by atoms with Crippen molar-refractivity contribution >= 4 is 23.3 Å². The highest BCUT2D eigenvalue weighted by Gasteiger charge is 2.33. The van der Waals surface area contributed by atoms with Gasteiger partial charge in [-0.15, -0.1) is 6.58 Å². The fourth-order valence-electron chi connectivity index (χ4n) is 4.51. The molecule has 1 aliphatic carbocycles. The maximum atomic E-state index is 12.9. The van der Waals surface area contributed by atoms with Crippen molar-refractivity contribution in [2.24, 2.45) is 5.92 Å². The smallest absolute Gasteiger partial charge is 0.311 e. The molecule has 0 saturated heterocycles. The molecule has 1 aromatic carbocycles. The summed E-state index contributed by atoms with van der Waals surface area (Å²) in [6, 6.07) is 2.32. The quantitative estimate of drug-likeness (QED) is 0.0768. The number of rotatable bonds is 15. The number of allylic oxidation sites excluding steroid dienone is 1. The van der Waals surface area contributed by atoms with E-state index in [-0.39, 0.29) is 11.5 Å². The lowest BCUT2D eigenvalue weighted by Gasteiger charge is -2.24. The molecule has 0 radical (unpaired) electrons. The normalized spacial score (nSPS) is 17.6. The van der Waals surface area contributed by atoms with Crippen LogP contribution in [0.5, 0.6) is 0 Å². The molecule has 2 atom stereocenters. The zero-order valence-corrected chi connectivity index (χ0v) is 20.8. The van der Waals surface area contributed by atoms with Gasteiger partial charge in [-0.25, -0.2) is 0 Å². The predicted molar refractivity (Wildman–Crippen MR) is 136 cm³/mol. The first-order chi connectivity index (χ1) is 17.3. The first kappa shape index (κ1) is 28.9. The number of unbranched alkanes of at least 4 members (excludes halogenated alkanes) is 7. The number of hydrogen-bond donors (Lipinski definition) is 1. The molecule has 1 saturated carbocycles. The summed E-state index contributed by atoms with van der Waals surface area (Å²) in [5.74, 6) is -1.55. The van der Waals surface area contributed by atoms with Crippen molar-refractivity contribution in [3.63, 3.8) is 0 Å². The number of benzene rings is 1. The van der Waals surface area contributed by atoms with Gasteiger partial charge in [-0.1, -0.05) is 57.4 Å². The van der Waals surface area contributed by atoms with Gasteiger partial charge in [-0.3, -0.25) is 29.8 Å². The topological polar surface area (TPSA) is 142 Å². The Hall–Kier alpha value is -3.30. The summed E-state index contributed by atoms with van der Waals surface area (Å²) in [7, 11) is 0. The van der Waals surface area contributed by atoms with Crippen LogP contribution in [0.3, 0.4) is 0 Å². The molecule has 2 unspecified atom stereocenters. The zero-order valence-electron chi connectivity index (χ0n) is 20.8. The molecule has 0 aliphatic heterocycles. The molecule has 1 amide bonds. The van der Waals surface area contributed by atoms with E-state index in [0.29, 0.717) is 19.4 Å². The Balaban J connectivity index is 1.90. The van der Waals surface area contributed by atoms with Crippen LogP contribution in [0.15, 0.2) is 30.9 Å². The third-order valence-corrected chi connectivity index (χ3v) is 6.52. The summed E-state index contributed by atoms with van der Waals surface area (Å²) in [4.78, 5) is 46.5. The molecule has 36 heavy (non-hydrogen) atoms. The summed E-state index contributed by atoms with van der Waals surface area (Å²) in [5.41, 5.74) is -1.26. The molecule has 0 heterocycles. The molecule has 10 nitrogen and oxygen atoms in total. The number of hydrogen-bond acceptors (Lipinski definition) is 7. The lowest BCUT2D eigenvalue weighted by atomic mass is 9.94. The molecule has 1 aliphatic rings. The van der Waals surface area contributed by atoms with E-state index in [1.807, 2.05) is 6.08 Å². The van der Waals surface area contributed by atoms with Gasteiger partial charge in [0.25, 0.3) is 17.3 Å². The lowest BCUT2D eigenvalue weighted by molar-refractivity contribution is -0.394. The summed E-state index contributed by atoms with van der Waals surface area (Å²) in [6.45, 7) is 4.06. The van der Waals surface area contributed by atoms with Gasteiger partial charge in [0.15, 0.2) is 0 Å². The van der Waals surface area contributed by atoms with Gasteiger partial charge in [0.1, 0.15) is 0 Å². The van der Waals surface area contributed by atoms with Gasteiger partial charge >= 0.3 is 5.97 Å². The maximum absolute atomic E-state index is 12.9. The van der Waals surface area contributed by atoms with Crippen molar-refractivity contribution in [3.8, 4) is 0 Å². The van der Waals surface area contributed by atoms with E-state index in [4.69, 9.17) is 4.74 Å². The molecule has 0 aromatic heterocycles. The second-order valence-corrected chi connectivity index (χ2v) is 9.30. The average molecular weight is 504 g/mol. The van der Waals surface area contributed by atoms with Crippen LogP contribution in [0.4, 0.5) is 11.4 Å². The number of nitrogens with zero attached hydrogens (tertiary/aromatic N) is 2. The highest BCUT2D eigenvalue weighted by molar-refractivity contribution is 5.96. The molecule has 1 aromatic rings. The second kappa shape index (κ2) is 15.6. The van der Waals surface area contributed by atoms with E-state index in [9.17, 15) is 29.8 Å². The fraction of sp³-hybridized carbons (Fsp3) is 0.615. The van der Waals surface area contributed by atoms with E-state index >= 15 is 0 Å². The number of carbonyl (C=O) groups excluding carboxylic acids is 2. The van der Waals surface area contributed by atoms with Crippen molar-refractivity contribution in [2.75, 3.05) is 6.61 Å². The number of nitrogens with one attached hydrogen (secondary N) is 1. The van der Waals surface area contributed by atoms with Crippen LogP contribution in [-0.2, 0) is 9.53 Å². The molecule has 1 N–H and O–H groups in total. The molecular formula is C26H37N3O7. The van der Waals surface area contributed by atoms with E-state index in [1.165, 1.54) is 19.3 Å². The number of non-ortho nitro benzene ring substituents is 2. The minimum Gasteiger partial charge on any atom is -0.465 e. The fourth-order valence-corrected chi connectivity index (χ4v) is 4.51. The number of esters is 1. The summed E-state index contributed by atoms with van der Waals surface area (Å²) < 4.78 is 5.54. The Bertz CT molecular complexity index is 887. The minimum atomic E-state index is -0.779. The number of nitro benzene ring substituents is 2. The average Bonchev–Trinajstić information content (AvgIpc) is 3.10. The Morgan fingerprint density at radius 3 is 2.11 bits per heavy atom. The lowest BCUT2D eigenvalue weighted by Crippen LogP contribution is -2.43. The molecule has 10 heteroatoms. The monoisotopic (exact) mass is 503 g/mol. The van der Waals surface area contributed by atoms with Crippen molar-refractivity contribution in [3.05, 3.63) is 56.6 Å². The van der Waals surface area contributed by atoms with Gasteiger partial charge in [0, 0.05) is 18.2 Å². The summed E-state index contributed by atoms with van der Waals surface area (Å²) in [6.07, 6.45) is 14.3. The molecule has 198 valence electrons. The maximum Gasteiger partial charge on any atom is 0.311 e. The summed E-state index contributed by atoms with van der Waals surface area (Å²) >= 11 is 0. The molecular weight excluding hydrogens is 466 g/mol. The van der Waals surface area contributed by atoms with Crippen molar-refractivity contribution in [2.45, 2.75) is 89.5 Å². The number of amides is 1. The van der Waals surface area contributed by atoms with Gasteiger partial charge in [-0.05, 0) is 32.1 Å². The highest BCUT2D eigenvalue weighted by atomic mass is 16.6. The van der Waals surface area contributed by atoms with E-state index in [1.54, 1.807) is 0 Å². The van der Waals surface area contributed by atoms with Crippen LogP contribution in [0.1, 0.15) is 93.8 Å². The van der Waals surface area contributed by atoms with Crippen LogP contribution in [0.25, 0.3) is 0 Å². The number of carbonyl (C=O) groups is 2. The van der Waals surface area contributed by atoms with E-state index in [0.717, 1.165) is 69.6 Å². The van der Waals surface area contributed by atoms with E-state index < -0.39 is 39.1 Å². The first-order valence-electron chi connectivity index (χ1n) is 12.9. The molecule has 0 bridgehead atoms. The first-order valence-corrected chi connectivity index (χ1v) is 12.9. The van der Waals surface area contributed by atoms with Crippen molar-refractivity contribution in [1.82, 2.24) is 5.32 Å². The van der Waals surface area contributed by atoms with Gasteiger partial charge in [0.2, 0.25) is 0 Å². The highest BCUT2D eigenvalue weighted by Crippen LogP contribution is 2.27. The predicted octanol–water partition coefficient (Wildman–Crippen LogP) is 6.03. The van der Waals surface area contributed by atoms with Gasteiger partial charge in [-0.2, -0.15) is 0 Å². The van der Waals surface area contributed by atoms with Gasteiger partial charge < -0.3 is 10.1 Å². The summed E-state index contributed by atoms with van der Waals surface area (Å²) in [5, 5.41) is 25.1. The SMILES string of the molecule is C=CCCCCCCCCCOC(=O)C1CCCCCC1NC(=O)c1cc([N+](=O)[O-])cc([N+](=O)[O-])c1. The van der Waals surface area contributed by atoms with Crippen LogP contribution in [0.2, 0.25) is 0 Å². The molecule has 1 fully saturated rings. The second-order valence-electron chi connectivity index (χ2n) is 9.30. The van der Waals surface area contributed by atoms with Crippen LogP contribution in [0, 0.1) is 26.1 Å². The largest absolute Gasteiger partial charge is 0.465 e. The third-order valence-electron chi connectivity index (χ3n) is 6.52. The Labute approximate surface area is 211 Å². The third kappa shape index (κ3) is 9.75. The number of ether oxygens (including phenoxy) is 1. The molecule has 2 rings (SSSR count). The van der Waals surface area contributed by atoms with Gasteiger partial charge in [0.05, 0.1) is 34.0 Å². The minimum absolute atomic E-state index is 0.184. The standard InChI is InChI=1S/C26H37N3O7/c1-2-3-4-5-6-7-8-9-13-16-36-26(31)23-14-11-10-12-15-24(23)27-25(30)20-17-21(28(32)33)19-22(18-20)29(34)35/h2,17-19,23-24H,1,3-16H2,(H,27,30). The van der Waals surface area contributed by atoms with Crippen LogP contribution >= 0.6 is 0 Å².